The summed E-state index contributed by atoms with van der Waals surface area (Å²) in [6, 6.07) is 1.70. The van der Waals surface area contributed by atoms with E-state index in [9.17, 15) is 9.59 Å². The van der Waals surface area contributed by atoms with Crippen molar-refractivity contribution in [3.8, 4) is 0 Å². The molecule has 0 aliphatic carbocycles. The van der Waals surface area contributed by atoms with Crippen LogP contribution >= 0.6 is 0 Å². The lowest BCUT2D eigenvalue weighted by atomic mass is 10.3. The summed E-state index contributed by atoms with van der Waals surface area (Å²) in [5.41, 5.74) is 5.44. The highest BCUT2D eigenvalue weighted by Crippen LogP contribution is 2.00. The van der Waals surface area contributed by atoms with Crippen molar-refractivity contribution in [3.63, 3.8) is 0 Å². The zero-order chi connectivity index (χ0) is 10.6. The van der Waals surface area contributed by atoms with E-state index in [0.29, 0.717) is 11.5 Å². The fourth-order valence-electron chi connectivity index (χ4n) is 0.911. The van der Waals surface area contributed by atoms with Crippen LogP contribution in [0, 0.1) is 6.92 Å². The monoisotopic (exact) mass is 197 g/mol. The number of nitrogens with zero attached hydrogens (tertiary/aromatic N) is 1. The third-order valence-corrected chi connectivity index (χ3v) is 1.48. The Labute approximate surface area is 80.4 Å². The zero-order valence-corrected chi connectivity index (χ0v) is 7.74. The molecule has 6 heteroatoms. The summed E-state index contributed by atoms with van der Waals surface area (Å²) in [7, 11) is 0. The number of nitrogens with one attached hydrogen (secondary N) is 1. The molecule has 0 fully saturated rings. The number of hydrogen-bond donors (Lipinski definition) is 2. The molecule has 0 atom stereocenters. The van der Waals surface area contributed by atoms with E-state index in [1.54, 1.807) is 13.0 Å². The van der Waals surface area contributed by atoms with Gasteiger partial charge >= 0.3 is 0 Å². The van der Waals surface area contributed by atoms with Gasteiger partial charge in [-0.3, -0.25) is 9.59 Å². The van der Waals surface area contributed by atoms with Gasteiger partial charge in [-0.25, -0.2) is 0 Å². The molecular formula is C8H11N3O3. The molecule has 0 saturated carbocycles. The lowest BCUT2D eigenvalue weighted by Gasteiger charge is -1.99. The van der Waals surface area contributed by atoms with E-state index in [2.05, 4.69) is 10.5 Å². The normalized spacial score (nSPS) is 9.79. The lowest BCUT2D eigenvalue weighted by Crippen LogP contribution is -2.28. The first-order valence-corrected chi connectivity index (χ1v) is 4.05. The molecule has 6 nitrogen and oxygen atoms in total. The SMILES string of the molecule is Cc1cc(CNC(=O)CC(N)=O)no1. The number of aromatic nitrogens is 1. The van der Waals surface area contributed by atoms with Crippen molar-refractivity contribution in [2.45, 2.75) is 19.9 Å². The second kappa shape index (κ2) is 4.40. The second-order valence-corrected chi connectivity index (χ2v) is 2.85. The predicted octanol–water partition coefficient (Wildman–Crippen LogP) is -0.525. The van der Waals surface area contributed by atoms with Crippen LogP contribution in [0.1, 0.15) is 17.9 Å². The van der Waals surface area contributed by atoms with E-state index >= 15 is 0 Å². The Morgan fingerprint density at radius 1 is 1.64 bits per heavy atom. The van der Waals surface area contributed by atoms with Crippen molar-refractivity contribution in [2.24, 2.45) is 5.73 Å². The summed E-state index contributed by atoms with van der Waals surface area (Å²) >= 11 is 0. The van der Waals surface area contributed by atoms with E-state index in [-0.39, 0.29) is 13.0 Å². The highest BCUT2D eigenvalue weighted by Gasteiger charge is 2.06. The largest absolute Gasteiger partial charge is 0.369 e. The van der Waals surface area contributed by atoms with Crippen molar-refractivity contribution in [3.05, 3.63) is 17.5 Å². The minimum absolute atomic E-state index is 0.240. The Hall–Kier alpha value is -1.85. The van der Waals surface area contributed by atoms with Crippen LogP contribution < -0.4 is 11.1 Å². The maximum absolute atomic E-state index is 11.0. The Bertz CT molecular complexity index is 345. The molecule has 76 valence electrons. The number of carbonyl (C=O) groups excluding carboxylic acids is 2. The molecule has 14 heavy (non-hydrogen) atoms. The molecule has 0 spiro atoms. The number of primary amides is 1. The standard InChI is InChI=1S/C8H11N3O3/c1-5-2-6(11-14-5)4-10-8(13)3-7(9)12/h2H,3-4H2,1H3,(H2,9,12)(H,10,13). The number of carbonyl (C=O) groups is 2. The number of nitrogens with two attached hydrogens (primary N) is 1. The van der Waals surface area contributed by atoms with Gasteiger partial charge in [0.25, 0.3) is 0 Å². The maximum Gasteiger partial charge on any atom is 0.229 e. The third-order valence-electron chi connectivity index (χ3n) is 1.48. The van der Waals surface area contributed by atoms with Crippen LogP contribution in [0.25, 0.3) is 0 Å². The molecule has 0 unspecified atom stereocenters. The molecule has 0 bridgehead atoms. The summed E-state index contributed by atoms with van der Waals surface area (Å²) < 4.78 is 4.78. The quantitative estimate of drug-likeness (QED) is 0.634. The zero-order valence-electron chi connectivity index (χ0n) is 7.74. The summed E-state index contributed by atoms with van der Waals surface area (Å²) in [6.07, 6.45) is -0.309. The number of aryl methyl sites for hydroxylation is 1. The van der Waals surface area contributed by atoms with Crippen molar-refractivity contribution >= 4 is 11.8 Å². The smallest absolute Gasteiger partial charge is 0.229 e. The number of amides is 2. The first-order chi connectivity index (χ1) is 6.58. The Kier molecular flexibility index (Phi) is 3.22. The van der Waals surface area contributed by atoms with Crippen LogP contribution in [-0.2, 0) is 16.1 Å². The van der Waals surface area contributed by atoms with Crippen LogP contribution in [0.3, 0.4) is 0 Å². The molecule has 0 aliphatic heterocycles. The molecule has 0 aromatic carbocycles. The van der Waals surface area contributed by atoms with Gasteiger partial charge < -0.3 is 15.6 Å². The van der Waals surface area contributed by atoms with Gasteiger partial charge in [0.2, 0.25) is 11.8 Å². The van der Waals surface area contributed by atoms with Crippen LogP contribution in [0.15, 0.2) is 10.6 Å². The van der Waals surface area contributed by atoms with E-state index in [1.807, 2.05) is 0 Å². The molecule has 0 radical (unpaired) electrons. The van der Waals surface area contributed by atoms with Gasteiger partial charge in [-0.2, -0.15) is 0 Å². The molecular weight excluding hydrogens is 186 g/mol. The molecule has 1 rings (SSSR count). The van der Waals surface area contributed by atoms with Gasteiger partial charge in [0.05, 0.1) is 6.54 Å². The average molecular weight is 197 g/mol. The number of rotatable bonds is 4. The molecule has 1 aromatic rings. The van der Waals surface area contributed by atoms with Gasteiger partial charge in [-0.05, 0) is 6.92 Å². The summed E-state index contributed by atoms with van der Waals surface area (Å²) in [5.74, 6) is -0.402. The van der Waals surface area contributed by atoms with Gasteiger partial charge in [0.15, 0.2) is 0 Å². The van der Waals surface area contributed by atoms with Crippen LogP contribution in [-0.4, -0.2) is 17.0 Å². The van der Waals surface area contributed by atoms with Crippen molar-refractivity contribution in [1.29, 1.82) is 0 Å². The Balaban J connectivity index is 2.34. The molecule has 1 heterocycles. The second-order valence-electron chi connectivity index (χ2n) is 2.85. The van der Waals surface area contributed by atoms with E-state index in [4.69, 9.17) is 10.3 Å². The molecule has 0 saturated heterocycles. The van der Waals surface area contributed by atoms with Crippen LogP contribution in [0.5, 0.6) is 0 Å². The first kappa shape index (κ1) is 10.2. The third kappa shape index (κ3) is 3.26. The van der Waals surface area contributed by atoms with Gasteiger partial charge in [0, 0.05) is 6.07 Å². The predicted molar refractivity (Wildman–Crippen MR) is 46.9 cm³/mol. The van der Waals surface area contributed by atoms with Crippen LogP contribution in [0.4, 0.5) is 0 Å². The summed E-state index contributed by atoms with van der Waals surface area (Å²) in [5, 5.41) is 6.14. The minimum Gasteiger partial charge on any atom is -0.369 e. The van der Waals surface area contributed by atoms with Gasteiger partial charge in [-0.15, -0.1) is 0 Å². The highest BCUT2D eigenvalue weighted by atomic mass is 16.5. The van der Waals surface area contributed by atoms with Gasteiger partial charge in [0.1, 0.15) is 17.9 Å². The highest BCUT2D eigenvalue weighted by molar-refractivity contribution is 5.95. The number of hydrogen-bond acceptors (Lipinski definition) is 4. The molecule has 1 aromatic heterocycles. The molecule has 2 amide bonds. The van der Waals surface area contributed by atoms with Crippen molar-refractivity contribution in [1.82, 2.24) is 10.5 Å². The lowest BCUT2D eigenvalue weighted by molar-refractivity contribution is -0.127. The topological polar surface area (TPSA) is 98.2 Å². The first-order valence-electron chi connectivity index (χ1n) is 4.05. The Morgan fingerprint density at radius 2 is 2.36 bits per heavy atom. The van der Waals surface area contributed by atoms with Crippen molar-refractivity contribution < 1.29 is 14.1 Å². The fraction of sp³-hybridized carbons (Fsp3) is 0.375. The van der Waals surface area contributed by atoms with E-state index < -0.39 is 11.8 Å². The fourth-order valence-corrected chi connectivity index (χ4v) is 0.911. The molecule has 3 N–H and O–H groups in total. The summed E-state index contributed by atoms with van der Waals surface area (Å²) in [4.78, 5) is 21.3. The maximum atomic E-state index is 11.0. The average Bonchev–Trinajstić information content (AvgIpc) is 2.47. The molecule has 0 aliphatic rings. The van der Waals surface area contributed by atoms with Gasteiger partial charge in [-0.1, -0.05) is 5.16 Å². The van der Waals surface area contributed by atoms with E-state index in [0.717, 1.165) is 0 Å². The van der Waals surface area contributed by atoms with E-state index in [1.165, 1.54) is 0 Å². The summed E-state index contributed by atoms with van der Waals surface area (Å²) in [6.45, 7) is 1.99. The van der Waals surface area contributed by atoms with Crippen LogP contribution in [0.2, 0.25) is 0 Å². The Morgan fingerprint density at radius 3 is 2.86 bits per heavy atom. The van der Waals surface area contributed by atoms with Crippen molar-refractivity contribution in [2.75, 3.05) is 0 Å². The minimum atomic E-state index is -0.654.